The van der Waals surface area contributed by atoms with Gasteiger partial charge >= 0.3 is 0 Å². The number of rotatable bonds is 1. The van der Waals surface area contributed by atoms with E-state index in [2.05, 4.69) is 5.32 Å². The standard InChI is InChI=1S/C9H12N2O/c10-6-7-1-2-8-9(5-7)12-4-3-11-8/h1-2,5,11H,3-4,6,10H2. The van der Waals surface area contributed by atoms with Crippen LogP contribution >= 0.6 is 0 Å². The van der Waals surface area contributed by atoms with Crippen LogP contribution in [0.2, 0.25) is 0 Å². The van der Waals surface area contributed by atoms with Gasteiger partial charge in [0.2, 0.25) is 0 Å². The molecule has 0 aromatic heterocycles. The van der Waals surface area contributed by atoms with Crippen LogP contribution in [0.25, 0.3) is 0 Å². The number of nitrogens with one attached hydrogen (secondary N) is 1. The highest BCUT2D eigenvalue weighted by Gasteiger charge is 2.08. The molecule has 3 nitrogen and oxygen atoms in total. The van der Waals surface area contributed by atoms with Crippen LogP contribution in [0.15, 0.2) is 18.2 Å². The lowest BCUT2D eigenvalue weighted by Gasteiger charge is -2.19. The quantitative estimate of drug-likeness (QED) is 0.649. The molecule has 1 aliphatic rings. The third-order valence-corrected chi connectivity index (χ3v) is 1.96. The van der Waals surface area contributed by atoms with Crippen molar-refractivity contribution in [3.63, 3.8) is 0 Å². The lowest BCUT2D eigenvalue weighted by Crippen LogP contribution is -2.18. The maximum atomic E-state index is 5.51. The number of hydrogen-bond acceptors (Lipinski definition) is 3. The first-order valence-corrected chi connectivity index (χ1v) is 4.10. The fraction of sp³-hybridized carbons (Fsp3) is 0.333. The molecule has 1 aromatic carbocycles. The molecular weight excluding hydrogens is 152 g/mol. The summed E-state index contributed by atoms with van der Waals surface area (Å²) in [7, 11) is 0. The van der Waals surface area contributed by atoms with Crippen LogP contribution in [0.5, 0.6) is 5.75 Å². The van der Waals surface area contributed by atoms with Gasteiger partial charge in [-0.1, -0.05) is 6.07 Å². The minimum Gasteiger partial charge on any atom is -0.490 e. The monoisotopic (exact) mass is 164 g/mol. The van der Waals surface area contributed by atoms with Gasteiger partial charge in [-0.3, -0.25) is 0 Å². The van der Waals surface area contributed by atoms with E-state index in [-0.39, 0.29) is 0 Å². The summed E-state index contributed by atoms with van der Waals surface area (Å²) in [5.74, 6) is 0.921. The van der Waals surface area contributed by atoms with Crippen LogP contribution in [0.3, 0.4) is 0 Å². The smallest absolute Gasteiger partial charge is 0.142 e. The zero-order valence-electron chi connectivity index (χ0n) is 6.84. The largest absolute Gasteiger partial charge is 0.490 e. The molecule has 3 N–H and O–H groups in total. The van der Waals surface area contributed by atoms with Crippen LogP contribution in [0.1, 0.15) is 5.56 Å². The fourth-order valence-electron chi connectivity index (χ4n) is 1.31. The minimum absolute atomic E-state index is 0.566. The Morgan fingerprint density at radius 2 is 2.42 bits per heavy atom. The molecule has 3 heteroatoms. The third-order valence-electron chi connectivity index (χ3n) is 1.96. The van der Waals surface area contributed by atoms with Gasteiger partial charge in [0.25, 0.3) is 0 Å². The second-order valence-electron chi connectivity index (χ2n) is 2.81. The van der Waals surface area contributed by atoms with Crippen molar-refractivity contribution in [3.8, 4) is 5.75 Å². The van der Waals surface area contributed by atoms with Gasteiger partial charge in [-0.2, -0.15) is 0 Å². The predicted octanol–water partition coefficient (Wildman–Crippen LogP) is 0.950. The molecule has 0 unspecified atom stereocenters. The minimum atomic E-state index is 0.566. The summed E-state index contributed by atoms with van der Waals surface area (Å²) in [6, 6.07) is 6.01. The van der Waals surface area contributed by atoms with Gasteiger partial charge in [0.15, 0.2) is 0 Å². The van der Waals surface area contributed by atoms with E-state index in [0.717, 1.165) is 30.2 Å². The van der Waals surface area contributed by atoms with E-state index in [0.29, 0.717) is 6.54 Å². The molecule has 0 atom stereocenters. The summed E-state index contributed by atoms with van der Waals surface area (Å²) in [4.78, 5) is 0. The van der Waals surface area contributed by atoms with E-state index in [1.807, 2.05) is 18.2 Å². The first kappa shape index (κ1) is 7.43. The van der Waals surface area contributed by atoms with Gasteiger partial charge in [-0.05, 0) is 17.7 Å². The van der Waals surface area contributed by atoms with Crippen LogP contribution in [0.4, 0.5) is 5.69 Å². The molecule has 2 rings (SSSR count). The summed E-state index contributed by atoms with van der Waals surface area (Å²) >= 11 is 0. The maximum Gasteiger partial charge on any atom is 0.142 e. The van der Waals surface area contributed by atoms with Gasteiger partial charge in [0, 0.05) is 13.1 Å². The van der Waals surface area contributed by atoms with Crippen LogP contribution in [-0.2, 0) is 6.54 Å². The van der Waals surface area contributed by atoms with Crippen molar-refractivity contribution in [3.05, 3.63) is 23.8 Å². The topological polar surface area (TPSA) is 47.3 Å². The molecule has 0 amide bonds. The molecular formula is C9H12N2O. The number of anilines is 1. The van der Waals surface area contributed by atoms with Gasteiger partial charge in [-0.25, -0.2) is 0 Å². The molecule has 0 spiro atoms. The van der Waals surface area contributed by atoms with Crippen molar-refractivity contribution in [2.75, 3.05) is 18.5 Å². The van der Waals surface area contributed by atoms with E-state index >= 15 is 0 Å². The Morgan fingerprint density at radius 3 is 3.25 bits per heavy atom. The average Bonchev–Trinajstić information content (AvgIpc) is 2.17. The van der Waals surface area contributed by atoms with Crippen molar-refractivity contribution in [2.24, 2.45) is 5.73 Å². The lowest BCUT2D eigenvalue weighted by atomic mass is 10.2. The zero-order chi connectivity index (χ0) is 8.39. The highest BCUT2D eigenvalue weighted by molar-refractivity contribution is 5.58. The summed E-state index contributed by atoms with van der Waals surface area (Å²) in [6.45, 7) is 2.19. The Hall–Kier alpha value is -1.22. The number of benzene rings is 1. The van der Waals surface area contributed by atoms with Crippen molar-refractivity contribution < 1.29 is 4.74 Å². The summed E-state index contributed by atoms with van der Waals surface area (Å²) in [6.07, 6.45) is 0. The fourth-order valence-corrected chi connectivity index (χ4v) is 1.31. The van der Waals surface area contributed by atoms with Gasteiger partial charge in [0.05, 0.1) is 5.69 Å². The van der Waals surface area contributed by atoms with E-state index in [1.54, 1.807) is 0 Å². The van der Waals surface area contributed by atoms with E-state index in [1.165, 1.54) is 0 Å². The van der Waals surface area contributed by atoms with Crippen LogP contribution < -0.4 is 15.8 Å². The first-order valence-electron chi connectivity index (χ1n) is 4.10. The molecule has 0 radical (unpaired) electrons. The Labute approximate surface area is 71.5 Å². The molecule has 0 bridgehead atoms. The summed E-state index contributed by atoms with van der Waals surface area (Å²) < 4.78 is 5.45. The number of hydrogen-bond donors (Lipinski definition) is 2. The first-order chi connectivity index (χ1) is 5.90. The second-order valence-corrected chi connectivity index (χ2v) is 2.81. The van der Waals surface area contributed by atoms with Gasteiger partial charge < -0.3 is 15.8 Å². The molecule has 1 aliphatic heterocycles. The van der Waals surface area contributed by atoms with Gasteiger partial charge in [0.1, 0.15) is 12.4 Å². The summed E-state index contributed by atoms with van der Waals surface area (Å²) in [5.41, 5.74) is 7.68. The molecule has 0 aliphatic carbocycles. The van der Waals surface area contributed by atoms with Crippen molar-refractivity contribution in [2.45, 2.75) is 6.54 Å². The molecule has 1 aromatic rings. The highest BCUT2D eigenvalue weighted by Crippen LogP contribution is 2.27. The van der Waals surface area contributed by atoms with Crippen molar-refractivity contribution in [1.29, 1.82) is 0 Å². The zero-order valence-corrected chi connectivity index (χ0v) is 6.84. The van der Waals surface area contributed by atoms with Crippen LogP contribution in [0, 0.1) is 0 Å². The Bertz CT molecular complexity index is 286. The molecule has 64 valence electrons. The maximum absolute atomic E-state index is 5.51. The lowest BCUT2D eigenvalue weighted by molar-refractivity contribution is 0.323. The Kier molecular flexibility index (Phi) is 1.87. The second kappa shape index (κ2) is 3.03. The number of ether oxygens (including phenoxy) is 1. The molecule has 0 saturated heterocycles. The van der Waals surface area contributed by atoms with E-state index < -0.39 is 0 Å². The van der Waals surface area contributed by atoms with E-state index in [4.69, 9.17) is 10.5 Å². The highest BCUT2D eigenvalue weighted by atomic mass is 16.5. The Balaban J connectivity index is 2.36. The SMILES string of the molecule is NCc1ccc2c(c1)OCCN2. The van der Waals surface area contributed by atoms with E-state index in [9.17, 15) is 0 Å². The van der Waals surface area contributed by atoms with Crippen LogP contribution in [-0.4, -0.2) is 13.2 Å². The Morgan fingerprint density at radius 1 is 1.50 bits per heavy atom. The van der Waals surface area contributed by atoms with Gasteiger partial charge in [-0.15, -0.1) is 0 Å². The molecule has 0 fully saturated rings. The predicted molar refractivity (Wildman–Crippen MR) is 48.3 cm³/mol. The number of nitrogens with two attached hydrogens (primary N) is 1. The molecule has 1 heterocycles. The van der Waals surface area contributed by atoms with Crippen molar-refractivity contribution >= 4 is 5.69 Å². The average molecular weight is 164 g/mol. The normalized spacial score (nSPS) is 14.4. The molecule has 0 saturated carbocycles. The summed E-state index contributed by atoms with van der Waals surface area (Å²) in [5, 5.41) is 3.25. The molecule has 12 heavy (non-hydrogen) atoms. The third kappa shape index (κ3) is 1.23. The van der Waals surface area contributed by atoms with Crippen molar-refractivity contribution in [1.82, 2.24) is 0 Å². The number of fused-ring (bicyclic) bond motifs is 1.